The molecule has 1 aliphatic heterocycles. The maximum Gasteiger partial charge on any atom is 0.231 e. The molecule has 1 atom stereocenters. The van der Waals surface area contributed by atoms with Gasteiger partial charge in [0.05, 0.1) is 25.8 Å². The molecule has 0 aliphatic carbocycles. The Labute approximate surface area is 189 Å². The van der Waals surface area contributed by atoms with Gasteiger partial charge in [-0.25, -0.2) is 9.97 Å². The molecule has 0 fully saturated rings. The van der Waals surface area contributed by atoms with Crippen LogP contribution in [0.1, 0.15) is 23.7 Å². The molecule has 164 valence electrons. The van der Waals surface area contributed by atoms with Crippen molar-refractivity contribution in [3.05, 3.63) is 53.2 Å². The van der Waals surface area contributed by atoms with Crippen LogP contribution in [0.15, 0.2) is 42.5 Å². The van der Waals surface area contributed by atoms with Gasteiger partial charge in [-0.15, -0.1) is 11.3 Å². The number of anilines is 1. The average molecular weight is 450 g/mol. The van der Waals surface area contributed by atoms with Crippen molar-refractivity contribution in [2.24, 2.45) is 0 Å². The summed E-state index contributed by atoms with van der Waals surface area (Å²) < 4.78 is 21.8. The van der Waals surface area contributed by atoms with Gasteiger partial charge >= 0.3 is 0 Å². The molecule has 1 aliphatic rings. The fraction of sp³-hybridized carbons (Fsp3) is 0.250. The molecule has 8 heteroatoms. The predicted molar refractivity (Wildman–Crippen MR) is 125 cm³/mol. The Morgan fingerprint density at radius 2 is 1.75 bits per heavy atom. The highest BCUT2D eigenvalue weighted by molar-refractivity contribution is 7.15. The summed E-state index contributed by atoms with van der Waals surface area (Å²) in [6, 6.07) is 14.1. The van der Waals surface area contributed by atoms with Crippen LogP contribution in [0.5, 0.6) is 23.0 Å². The van der Waals surface area contributed by atoms with Crippen LogP contribution in [-0.2, 0) is 0 Å². The standard InChI is InChI=1S/C24H23N3O4S/c1-13(22-7-8-23(32-22)15-5-6-18-21(9-15)31-12-30-18)25-24-16-10-19(28-3)20(29-4)11-17(16)26-14(2)27-24/h5-11,13H,12H2,1-4H3,(H,25,26,27)/t13-/m0/s1. The third-order valence-corrected chi connectivity index (χ3v) is 6.69. The second-order valence-electron chi connectivity index (χ2n) is 7.48. The van der Waals surface area contributed by atoms with E-state index in [0.29, 0.717) is 17.3 Å². The predicted octanol–water partition coefficient (Wildman–Crippen LogP) is 5.59. The molecule has 0 bridgehead atoms. The molecule has 0 amide bonds. The molecule has 0 spiro atoms. The lowest BCUT2D eigenvalue weighted by Crippen LogP contribution is -2.08. The normalized spacial score (nSPS) is 13.2. The van der Waals surface area contributed by atoms with Gasteiger partial charge in [-0.3, -0.25) is 0 Å². The van der Waals surface area contributed by atoms with Crippen LogP contribution in [0, 0.1) is 6.92 Å². The zero-order valence-electron chi connectivity index (χ0n) is 18.3. The molecule has 2 aromatic heterocycles. The smallest absolute Gasteiger partial charge is 0.231 e. The van der Waals surface area contributed by atoms with E-state index in [0.717, 1.165) is 33.8 Å². The Morgan fingerprint density at radius 3 is 2.56 bits per heavy atom. The lowest BCUT2D eigenvalue weighted by molar-refractivity contribution is 0.174. The second kappa shape index (κ2) is 8.20. The minimum atomic E-state index is 0.0494. The van der Waals surface area contributed by atoms with E-state index in [1.165, 1.54) is 9.75 Å². The first-order valence-electron chi connectivity index (χ1n) is 10.2. The summed E-state index contributed by atoms with van der Waals surface area (Å²) in [5.74, 6) is 4.31. The third kappa shape index (κ3) is 3.67. The Balaban J connectivity index is 1.44. The van der Waals surface area contributed by atoms with Gasteiger partial charge < -0.3 is 24.3 Å². The molecule has 0 saturated carbocycles. The molecule has 1 N–H and O–H groups in total. The van der Waals surface area contributed by atoms with Crippen molar-refractivity contribution in [1.29, 1.82) is 0 Å². The molecule has 3 heterocycles. The van der Waals surface area contributed by atoms with E-state index >= 15 is 0 Å². The number of thiophene rings is 1. The summed E-state index contributed by atoms with van der Waals surface area (Å²) >= 11 is 1.74. The van der Waals surface area contributed by atoms with Crippen LogP contribution in [0.4, 0.5) is 5.82 Å². The lowest BCUT2D eigenvalue weighted by Gasteiger charge is -2.16. The second-order valence-corrected chi connectivity index (χ2v) is 8.60. The Morgan fingerprint density at radius 1 is 0.969 bits per heavy atom. The van der Waals surface area contributed by atoms with Gasteiger partial charge in [0.25, 0.3) is 0 Å². The van der Waals surface area contributed by atoms with Gasteiger partial charge in [-0.05, 0) is 55.8 Å². The Kier molecular flexibility index (Phi) is 5.22. The largest absolute Gasteiger partial charge is 0.493 e. The van der Waals surface area contributed by atoms with E-state index in [9.17, 15) is 0 Å². The van der Waals surface area contributed by atoms with E-state index in [-0.39, 0.29) is 12.8 Å². The van der Waals surface area contributed by atoms with Crippen LogP contribution >= 0.6 is 11.3 Å². The molecule has 2 aromatic carbocycles. The zero-order chi connectivity index (χ0) is 22.2. The van der Waals surface area contributed by atoms with Crippen molar-refractivity contribution in [2.45, 2.75) is 19.9 Å². The molecule has 0 unspecified atom stereocenters. The Bertz CT molecular complexity index is 1300. The van der Waals surface area contributed by atoms with Crippen molar-refractivity contribution in [3.8, 4) is 33.4 Å². The number of aromatic nitrogens is 2. The fourth-order valence-electron chi connectivity index (χ4n) is 3.75. The van der Waals surface area contributed by atoms with Gasteiger partial charge in [0, 0.05) is 21.2 Å². The first-order valence-corrected chi connectivity index (χ1v) is 11.0. The number of ether oxygens (including phenoxy) is 4. The lowest BCUT2D eigenvalue weighted by atomic mass is 10.1. The van der Waals surface area contributed by atoms with Crippen LogP contribution in [0.25, 0.3) is 21.3 Å². The SMILES string of the molecule is COc1cc2nc(C)nc(N[C@@H](C)c3ccc(-c4ccc5c(c4)OCO5)s3)c2cc1OC. The summed E-state index contributed by atoms with van der Waals surface area (Å²) in [6.45, 7) is 4.28. The first kappa shape index (κ1) is 20.4. The average Bonchev–Trinajstić information content (AvgIpc) is 3.47. The summed E-state index contributed by atoms with van der Waals surface area (Å²) in [7, 11) is 3.24. The minimum absolute atomic E-state index is 0.0494. The maximum absolute atomic E-state index is 5.52. The number of methoxy groups -OCH3 is 2. The number of rotatable bonds is 6. The van der Waals surface area contributed by atoms with Crippen molar-refractivity contribution in [2.75, 3.05) is 26.3 Å². The topological polar surface area (TPSA) is 74.7 Å². The molecular formula is C24H23N3O4S. The number of hydrogen-bond acceptors (Lipinski definition) is 8. The van der Waals surface area contributed by atoms with Gasteiger partial charge in [-0.2, -0.15) is 0 Å². The van der Waals surface area contributed by atoms with Gasteiger partial charge in [0.2, 0.25) is 6.79 Å². The monoisotopic (exact) mass is 449 g/mol. The molecule has 7 nitrogen and oxygen atoms in total. The van der Waals surface area contributed by atoms with Crippen LogP contribution < -0.4 is 24.3 Å². The van der Waals surface area contributed by atoms with Crippen molar-refractivity contribution < 1.29 is 18.9 Å². The van der Waals surface area contributed by atoms with Gasteiger partial charge in [-0.1, -0.05) is 0 Å². The molecule has 4 aromatic rings. The summed E-state index contributed by atoms with van der Waals surface area (Å²) in [4.78, 5) is 11.6. The number of aryl methyl sites for hydroxylation is 1. The van der Waals surface area contributed by atoms with Crippen molar-refractivity contribution in [3.63, 3.8) is 0 Å². The van der Waals surface area contributed by atoms with E-state index in [4.69, 9.17) is 18.9 Å². The van der Waals surface area contributed by atoms with E-state index in [2.05, 4.69) is 40.4 Å². The molecule has 0 radical (unpaired) electrons. The maximum atomic E-state index is 5.52. The van der Waals surface area contributed by atoms with E-state index in [1.54, 1.807) is 25.6 Å². The number of nitrogens with one attached hydrogen (secondary N) is 1. The summed E-state index contributed by atoms with van der Waals surface area (Å²) in [5, 5.41) is 4.44. The molecular weight excluding hydrogens is 426 g/mol. The van der Waals surface area contributed by atoms with E-state index < -0.39 is 0 Å². The number of benzene rings is 2. The molecule has 32 heavy (non-hydrogen) atoms. The molecule has 5 rings (SSSR count). The third-order valence-electron chi connectivity index (χ3n) is 5.38. The summed E-state index contributed by atoms with van der Waals surface area (Å²) in [5.41, 5.74) is 1.91. The minimum Gasteiger partial charge on any atom is -0.493 e. The number of nitrogens with zero attached hydrogens (tertiary/aromatic N) is 2. The fourth-order valence-corrected chi connectivity index (χ4v) is 4.76. The van der Waals surface area contributed by atoms with Crippen LogP contribution in [0.2, 0.25) is 0 Å². The Hall–Kier alpha value is -3.52. The van der Waals surface area contributed by atoms with Gasteiger partial charge in [0.1, 0.15) is 11.6 Å². The van der Waals surface area contributed by atoms with E-state index in [1.807, 2.05) is 31.2 Å². The van der Waals surface area contributed by atoms with Crippen LogP contribution in [0.3, 0.4) is 0 Å². The van der Waals surface area contributed by atoms with Crippen molar-refractivity contribution >= 4 is 28.1 Å². The highest BCUT2D eigenvalue weighted by atomic mass is 32.1. The quantitative estimate of drug-likeness (QED) is 0.411. The highest BCUT2D eigenvalue weighted by Gasteiger charge is 2.18. The first-order chi connectivity index (χ1) is 15.6. The van der Waals surface area contributed by atoms with Gasteiger partial charge in [0.15, 0.2) is 23.0 Å². The number of hydrogen-bond donors (Lipinski definition) is 1. The summed E-state index contributed by atoms with van der Waals surface area (Å²) in [6.07, 6.45) is 0. The molecule has 0 saturated heterocycles. The highest BCUT2D eigenvalue weighted by Crippen LogP contribution is 2.40. The zero-order valence-corrected chi connectivity index (χ0v) is 19.1. The van der Waals surface area contributed by atoms with Crippen molar-refractivity contribution in [1.82, 2.24) is 9.97 Å². The van der Waals surface area contributed by atoms with Crippen LogP contribution in [-0.4, -0.2) is 31.0 Å². The number of fused-ring (bicyclic) bond motifs is 2.